The number of carbonyl (C=O) groups excluding carboxylic acids is 1. The Labute approximate surface area is 135 Å². The van der Waals surface area contributed by atoms with Gasteiger partial charge in [0, 0.05) is 17.6 Å². The van der Waals surface area contributed by atoms with E-state index in [1.807, 2.05) is 20.8 Å². The van der Waals surface area contributed by atoms with Gasteiger partial charge < -0.3 is 15.8 Å². The van der Waals surface area contributed by atoms with Crippen LogP contribution in [-0.2, 0) is 0 Å². The van der Waals surface area contributed by atoms with E-state index >= 15 is 0 Å². The Bertz CT molecular complexity index is 486. The number of carbonyl (C=O) groups is 1. The first-order valence-electron chi connectivity index (χ1n) is 6.83. The van der Waals surface area contributed by atoms with E-state index in [1.54, 1.807) is 6.07 Å². The highest BCUT2D eigenvalue weighted by Gasteiger charge is 2.26. The minimum atomic E-state index is -2.92. The van der Waals surface area contributed by atoms with E-state index in [1.165, 1.54) is 18.2 Å². The van der Waals surface area contributed by atoms with Crippen molar-refractivity contribution in [1.29, 1.82) is 0 Å². The smallest absolute Gasteiger partial charge is 0.387 e. The highest BCUT2D eigenvalue weighted by Crippen LogP contribution is 2.19. The third-order valence-corrected chi connectivity index (χ3v) is 3.05. The molecule has 0 aliphatic heterocycles. The first-order valence-corrected chi connectivity index (χ1v) is 6.83. The van der Waals surface area contributed by atoms with Gasteiger partial charge in [0.2, 0.25) is 0 Å². The molecule has 0 spiro atoms. The molecule has 0 saturated heterocycles. The molecule has 4 nitrogen and oxygen atoms in total. The fourth-order valence-corrected chi connectivity index (χ4v) is 2.25. The molecular formula is C15H23ClF2N2O2. The molecule has 0 radical (unpaired) electrons. The Hall–Kier alpha value is -1.40. The van der Waals surface area contributed by atoms with Crippen LogP contribution in [0.25, 0.3) is 0 Å². The van der Waals surface area contributed by atoms with Crippen LogP contribution in [0.15, 0.2) is 24.3 Å². The van der Waals surface area contributed by atoms with Gasteiger partial charge in [-0.1, -0.05) is 19.9 Å². The van der Waals surface area contributed by atoms with E-state index < -0.39 is 12.2 Å². The highest BCUT2D eigenvalue weighted by atomic mass is 35.5. The average molecular weight is 337 g/mol. The second-order valence-electron chi connectivity index (χ2n) is 5.72. The van der Waals surface area contributed by atoms with E-state index in [0.29, 0.717) is 12.5 Å². The summed E-state index contributed by atoms with van der Waals surface area (Å²) in [5, 5.41) is 2.86. The van der Waals surface area contributed by atoms with E-state index in [4.69, 9.17) is 5.73 Å². The molecule has 0 aliphatic rings. The summed E-state index contributed by atoms with van der Waals surface area (Å²) in [5.74, 6) is -0.0355. The number of amides is 1. The number of rotatable bonds is 7. The number of benzene rings is 1. The van der Waals surface area contributed by atoms with E-state index in [2.05, 4.69) is 10.1 Å². The van der Waals surface area contributed by atoms with Crippen LogP contribution in [0.5, 0.6) is 5.75 Å². The zero-order chi connectivity index (χ0) is 16.0. The van der Waals surface area contributed by atoms with Gasteiger partial charge in [-0.2, -0.15) is 8.78 Å². The summed E-state index contributed by atoms with van der Waals surface area (Å²) in [6.45, 7) is 3.32. The van der Waals surface area contributed by atoms with Gasteiger partial charge >= 0.3 is 6.61 Å². The Morgan fingerprint density at radius 3 is 2.55 bits per heavy atom. The number of ether oxygens (including phenoxy) is 1. The molecule has 1 atom stereocenters. The number of halogens is 3. The molecule has 0 saturated carbocycles. The molecule has 1 aromatic rings. The van der Waals surface area contributed by atoms with E-state index in [9.17, 15) is 13.6 Å². The molecule has 0 heterocycles. The van der Waals surface area contributed by atoms with Gasteiger partial charge in [0.05, 0.1) is 0 Å². The molecule has 0 aromatic heterocycles. The molecule has 0 aliphatic carbocycles. The van der Waals surface area contributed by atoms with Gasteiger partial charge in [-0.3, -0.25) is 4.79 Å². The Morgan fingerprint density at radius 2 is 2.05 bits per heavy atom. The van der Waals surface area contributed by atoms with Crippen LogP contribution in [0.1, 0.15) is 37.6 Å². The van der Waals surface area contributed by atoms with Crippen molar-refractivity contribution < 1.29 is 18.3 Å². The Balaban J connectivity index is 0.00000441. The van der Waals surface area contributed by atoms with E-state index in [0.717, 1.165) is 6.42 Å². The summed E-state index contributed by atoms with van der Waals surface area (Å²) in [4.78, 5) is 12.2. The molecule has 1 aromatic carbocycles. The fraction of sp³-hybridized carbons (Fsp3) is 0.533. The molecule has 126 valence electrons. The predicted molar refractivity (Wildman–Crippen MR) is 84.7 cm³/mol. The lowest BCUT2D eigenvalue weighted by Crippen LogP contribution is -2.52. The number of nitrogens with one attached hydrogen (secondary N) is 1. The van der Waals surface area contributed by atoms with E-state index in [-0.39, 0.29) is 29.6 Å². The van der Waals surface area contributed by atoms with Crippen LogP contribution >= 0.6 is 12.4 Å². The maximum atomic E-state index is 12.2. The molecule has 3 N–H and O–H groups in total. The topological polar surface area (TPSA) is 64.3 Å². The highest BCUT2D eigenvalue weighted by molar-refractivity contribution is 5.95. The molecule has 1 rings (SSSR count). The van der Waals surface area contributed by atoms with Gasteiger partial charge in [0.15, 0.2) is 0 Å². The summed E-state index contributed by atoms with van der Waals surface area (Å²) < 4.78 is 28.7. The molecule has 7 heteroatoms. The van der Waals surface area contributed by atoms with Gasteiger partial charge in [0.1, 0.15) is 5.75 Å². The largest absolute Gasteiger partial charge is 0.435 e. The second-order valence-corrected chi connectivity index (χ2v) is 5.72. The third-order valence-electron chi connectivity index (χ3n) is 3.05. The van der Waals surface area contributed by atoms with Crippen LogP contribution < -0.4 is 15.8 Å². The molecule has 0 bridgehead atoms. The molecular weight excluding hydrogens is 314 g/mol. The number of alkyl halides is 2. The lowest BCUT2D eigenvalue weighted by Gasteiger charge is -2.31. The number of nitrogens with two attached hydrogens (primary N) is 1. The van der Waals surface area contributed by atoms with Crippen molar-refractivity contribution in [3.8, 4) is 5.75 Å². The zero-order valence-corrected chi connectivity index (χ0v) is 13.8. The van der Waals surface area contributed by atoms with Crippen molar-refractivity contribution in [3.05, 3.63) is 29.8 Å². The summed E-state index contributed by atoms with van der Waals surface area (Å²) in [6, 6.07) is 5.70. The maximum absolute atomic E-state index is 12.2. The third kappa shape index (κ3) is 6.58. The first-order chi connectivity index (χ1) is 9.75. The van der Waals surface area contributed by atoms with Crippen molar-refractivity contribution in [2.75, 3.05) is 6.54 Å². The van der Waals surface area contributed by atoms with Crippen molar-refractivity contribution in [1.82, 2.24) is 5.32 Å². The van der Waals surface area contributed by atoms with Crippen LogP contribution in [0, 0.1) is 5.92 Å². The normalized spacial score (nSPS) is 13.5. The summed E-state index contributed by atoms with van der Waals surface area (Å²) in [6.07, 6.45) is 0.725. The molecule has 1 unspecified atom stereocenters. The van der Waals surface area contributed by atoms with Gasteiger partial charge in [-0.05, 0) is 37.5 Å². The number of hydrogen-bond donors (Lipinski definition) is 2. The average Bonchev–Trinajstić information content (AvgIpc) is 2.37. The minimum absolute atomic E-state index is 0. The van der Waals surface area contributed by atoms with Crippen LogP contribution in [0.2, 0.25) is 0 Å². The maximum Gasteiger partial charge on any atom is 0.387 e. The van der Waals surface area contributed by atoms with Gasteiger partial charge in [-0.25, -0.2) is 0 Å². The van der Waals surface area contributed by atoms with Crippen LogP contribution in [0.4, 0.5) is 8.78 Å². The summed E-state index contributed by atoms with van der Waals surface area (Å²) >= 11 is 0. The standard InChI is InChI=1S/C15H22F2N2O2.ClH/c1-10(2)8-15(3,9-18)19-13(20)11-5-4-6-12(7-11)21-14(16)17;/h4-7,10,14H,8-9,18H2,1-3H3,(H,19,20);1H. The Morgan fingerprint density at radius 1 is 1.41 bits per heavy atom. The van der Waals surface area contributed by atoms with Gasteiger partial charge in [0.25, 0.3) is 5.91 Å². The van der Waals surface area contributed by atoms with Crippen LogP contribution in [0.3, 0.4) is 0 Å². The summed E-state index contributed by atoms with van der Waals surface area (Å²) in [5.41, 5.74) is 5.46. The van der Waals surface area contributed by atoms with Crippen LogP contribution in [-0.4, -0.2) is 24.6 Å². The molecule has 22 heavy (non-hydrogen) atoms. The second kappa shape index (κ2) is 8.90. The quantitative estimate of drug-likeness (QED) is 0.803. The Kier molecular flexibility index (Phi) is 8.34. The van der Waals surface area contributed by atoms with Crippen molar-refractivity contribution in [2.45, 2.75) is 39.3 Å². The minimum Gasteiger partial charge on any atom is -0.435 e. The molecule has 0 fully saturated rings. The lowest BCUT2D eigenvalue weighted by atomic mass is 9.90. The first kappa shape index (κ1) is 20.6. The van der Waals surface area contributed by atoms with Crippen molar-refractivity contribution in [3.63, 3.8) is 0 Å². The SMILES string of the molecule is CC(C)CC(C)(CN)NC(=O)c1cccc(OC(F)F)c1.Cl. The molecule has 1 amide bonds. The van der Waals surface area contributed by atoms with Crippen molar-refractivity contribution >= 4 is 18.3 Å². The predicted octanol–water partition coefficient (Wildman–Crippen LogP) is 3.20. The monoisotopic (exact) mass is 336 g/mol. The van der Waals surface area contributed by atoms with Crippen molar-refractivity contribution in [2.24, 2.45) is 11.7 Å². The lowest BCUT2D eigenvalue weighted by molar-refractivity contribution is -0.0498. The number of hydrogen-bond acceptors (Lipinski definition) is 3. The fourth-order valence-electron chi connectivity index (χ4n) is 2.25. The summed E-state index contributed by atoms with van der Waals surface area (Å²) in [7, 11) is 0. The zero-order valence-electron chi connectivity index (χ0n) is 12.9. The van der Waals surface area contributed by atoms with Gasteiger partial charge in [-0.15, -0.1) is 12.4 Å².